The first-order valence-corrected chi connectivity index (χ1v) is 10.8. The molecule has 1 aliphatic heterocycles. The summed E-state index contributed by atoms with van der Waals surface area (Å²) in [6, 6.07) is 2.20. The van der Waals surface area contributed by atoms with Crippen molar-refractivity contribution in [3.05, 3.63) is 0 Å². The second-order valence-electron chi connectivity index (χ2n) is 10.4. The van der Waals surface area contributed by atoms with Gasteiger partial charge in [0.05, 0.1) is 19.3 Å². The van der Waals surface area contributed by atoms with Gasteiger partial charge < -0.3 is 14.6 Å². The summed E-state index contributed by atoms with van der Waals surface area (Å²) < 4.78 is 12.5. The third kappa shape index (κ3) is 2.06. The molecule has 0 aromatic heterocycles. The van der Waals surface area contributed by atoms with E-state index in [0.717, 1.165) is 37.9 Å². The molecule has 7 atom stereocenters. The molecule has 4 aliphatic carbocycles. The van der Waals surface area contributed by atoms with Gasteiger partial charge in [-0.15, -0.1) is 0 Å². The molecule has 4 heteroatoms. The maximum atomic E-state index is 10.6. The summed E-state index contributed by atoms with van der Waals surface area (Å²) in [5.41, 5.74) is -0.625. The highest BCUT2D eigenvalue weighted by Gasteiger charge is 2.67. The van der Waals surface area contributed by atoms with E-state index in [0.29, 0.717) is 30.1 Å². The first-order chi connectivity index (χ1) is 12.4. The lowest BCUT2D eigenvalue weighted by Gasteiger charge is -2.61. The number of fused-ring (bicyclic) bond motifs is 6. The number of hydrogen-bond acceptors (Lipinski definition) is 4. The van der Waals surface area contributed by atoms with Crippen LogP contribution in [0.5, 0.6) is 0 Å². The van der Waals surface area contributed by atoms with Gasteiger partial charge in [-0.3, -0.25) is 0 Å². The van der Waals surface area contributed by atoms with Crippen molar-refractivity contribution in [2.24, 2.45) is 34.5 Å². The third-order valence-corrected chi connectivity index (χ3v) is 9.73. The Morgan fingerprint density at radius 3 is 2.38 bits per heavy atom. The quantitative estimate of drug-likeness (QED) is 0.663. The molecule has 5 aliphatic rings. The van der Waals surface area contributed by atoms with Crippen LogP contribution in [-0.2, 0) is 9.47 Å². The Kier molecular flexibility index (Phi) is 3.67. The minimum atomic E-state index is -1.08. The third-order valence-electron chi connectivity index (χ3n) is 9.73. The van der Waals surface area contributed by atoms with Crippen LogP contribution in [0.25, 0.3) is 0 Å². The van der Waals surface area contributed by atoms with Gasteiger partial charge in [-0.2, -0.15) is 5.26 Å². The molecular weight excluding hydrogens is 326 g/mol. The Hall–Kier alpha value is -0.630. The zero-order valence-electron chi connectivity index (χ0n) is 16.3. The first kappa shape index (κ1) is 17.5. The zero-order chi connectivity index (χ0) is 18.2. The van der Waals surface area contributed by atoms with Gasteiger partial charge in [-0.25, -0.2) is 0 Å². The molecular formula is C22H33NO3. The molecule has 0 aromatic rings. The summed E-state index contributed by atoms with van der Waals surface area (Å²) in [5, 5.41) is 20.0. The van der Waals surface area contributed by atoms with E-state index < -0.39 is 5.60 Å². The molecule has 0 aromatic carbocycles. The number of nitriles is 1. The second-order valence-corrected chi connectivity index (χ2v) is 10.4. The molecule has 1 heterocycles. The van der Waals surface area contributed by atoms with Crippen LogP contribution in [0.15, 0.2) is 0 Å². The molecule has 26 heavy (non-hydrogen) atoms. The van der Waals surface area contributed by atoms with E-state index >= 15 is 0 Å². The molecule has 0 radical (unpaired) electrons. The van der Waals surface area contributed by atoms with Crippen molar-refractivity contribution in [2.45, 2.75) is 83.0 Å². The average molecular weight is 360 g/mol. The Morgan fingerprint density at radius 1 is 0.923 bits per heavy atom. The van der Waals surface area contributed by atoms with E-state index in [2.05, 4.69) is 19.9 Å². The Balaban J connectivity index is 1.43. The monoisotopic (exact) mass is 359 g/mol. The van der Waals surface area contributed by atoms with Gasteiger partial charge in [0, 0.05) is 11.8 Å². The van der Waals surface area contributed by atoms with Gasteiger partial charge >= 0.3 is 0 Å². The van der Waals surface area contributed by atoms with Crippen LogP contribution in [0.3, 0.4) is 0 Å². The Labute approximate surface area is 157 Å². The molecule has 4 saturated carbocycles. The number of hydrogen-bond donors (Lipinski definition) is 1. The number of aliphatic hydroxyl groups is 1. The van der Waals surface area contributed by atoms with Crippen molar-refractivity contribution < 1.29 is 14.6 Å². The topological polar surface area (TPSA) is 62.5 Å². The first-order valence-electron chi connectivity index (χ1n) is 10.8. The molecule has 1 spiro atoms. The lowest BCUT2D eigenvalue weighted by molar-refractivity contribution is -0.248. The summed E-state index contributed by atoms with van der Waals surface area (Å²) in [7, 11) is 0. The zero-order valence-corrected chi connectivity index (χ0v) is 16.3. The summed E-state index contributed by atoms with van der Waals surface area (Å²) in [5.74, 6) is 2.39. The average Bonchev–Trinajstić information content (AvgIpc) is 3.22. The summed E-state index contributed by atoms with van der Waals surface area (Å²) in [6.45, 7) is 6.42. The highest BCUT2D eigenvalue weighted by Crippen LogP contribution is 2.69. The van der Waals surface area contributed by atoms with E-state index in [1.54, 1.807) is 0 Å². The van der Waals surface area contributed by atoms with E-state index in [4.69, 9.17) is 9.47 Å². The minimum Gasteiger partial charge on any atom is -0.375 e. The molecule has 1 saturated heterocycles. The summed E-state index contributed by atoms with van der Waals surface area (Å²) in [4.78, 5) is 0. The molecule has 5 fully saturated rings. The van der Waals surface area contributed by atoms with Crippen LogP contribution >= 0.6 is 0 Å². The molecule has 0 bridgehead atoms. The lowest BCUT2D eigenvalue weighted by atomic mass is 9.44. The van der Waals surface area contributed by atoms with Gasteiger partial charge in [-0.05, 0) is 80.5 Å². The molecule has 0 unspecified atom stereocenters. The molecule has 5 rings (SSSR count). The smallest absolute Gasteiger partial charge is 0.174 e. The van der Waals surface area contributed by atoms with Gasteiger partial charge in [0.15, 0.2) is 11.4 Å². The van der Waals surface area contributed by atoms with Crippen molar-refractivity contribution in [3.63, 3.8) is 0 Å². The van der Waals surface area contributed by atoms with Crippen LogP contribution in [-0.4, -0.2) is 29.7 Å². The predicted octanol–water partition coefficient (Wildman–Crippen LogP) is 4.03. The molecule has 144 valence electrons. The highest BCUT2D eigenvalue weighted by molar-refractivity contribution is 5.15. The van der Waals surface area contributed by atoms with Crippen molar-refractivity contribution in [2.75, 3.05) is 13.2 Å². The maximum absolute atomic E-state index is 10.6. The maximum Gasteiger partial charge on any atom is 0.174 e. The van der Waals surface area contributed by atoms with Gasteiger partial charge in [0.2, 0.25) is 0 Å². The van der Waals surface area contributed by atoms with Gasteiger partial charge in [0.1, 0.15) is 0 Å². The number of rotatable bonds is 0. The summed E-state index contributed by atoms with van der Waals surface area (Å²) >= 11 is 0. The second kappa shape index (κ2) is 5.46. The van der Waals surface area contributed by atoms with Crippen molar-refractivity contribution in [3.8, 4) is 6.07 Å². The number of ether oxygens (including phenoxy) is 2. The van der Waals surface area contributed by atoms with Crippen LogP contribution < -0.4 is 0 Å². The minimum absolute atomic E-state index is 0.163. The van der Waals surface area contributed by atoms with Gasteiger partial charge in [-0.1, -0.05) is 13.8 Å². The van der Waals surface area contributed by atoms with E-state index in [1.807, 2.05) is 0 Å². The Morgan fingerprint density at radius 2 is 1.65 bits per heavy atom. The largest absolute Gasteiger partial charge is 0.375 e. The molecule has 1 N–H and O–H groups in total. The standard InChI is InChI=1S/C22H33NO3/c1-19-9-10-21(24,14-23)13-15(19)3-4-16-17(19)5-7-20(2)18(16)6-8-22(20)25-11-12-26-22/h15-18,24H,3-13H2,1-2H3/t15-,16+,17-,18-,19-,20-,21+/m0/s1. The van der Waals surface area contributed by atoms with E-state index in [1.165, 1.54) is 32.1 Å². The van der Waals surface area contributed by atoms with Crippen LogP contribution in [0, 0.1) is 45.8 Å². The van der Waals surface area contributed by atoms with E-state index in [9.17, 15) is 10.4 Å². The van der Waals surface area contributed by atoms with Gasteiger partial charge in [0.25, 0.3) is 0 Å². The molecule has 0 amide bonds. The van der Waals surface area contributed by atoms with Crippen molar-refractivity contribution >= 4 is 0 Å². The van der Waals surface area contributed by atoms with Crippen LogP contribution in [0.4, 0.5) is 0 Å². The van der Waals surface area contributed by atoms with Crippen molar-refractivity contribution in [1.29, 1.82) is 5.26 Å². The fourth-order valence-electron chi connectivity index (χ4n) is 8.23. The Bertz CT molecular complexity index is 638. The lowest BCUT2D eigenvalue weighted by Crippen LogP contribution is -2.58. The fraction of sp³-hybridized carbons (Fsp3) is 0.955. The van der Waals surface area contributed by atoms with Crippen LogP contribution in [0.1, 0.15) is 71.6 Å². The SMILES string of the molecule is C[C@]12CC[C@](O)(C#N)C[C@@H]1CC[C@@H]1[C@@H]2CC[C@@]2(C)[C@H]1CCC21OCCO1. The normalized spacial score (nSPS) is 55.0. The predicted molar refractivity (Wildman–Crippen MR) is 96.9 cm³/mol. The number of nitrogens with zero attached hydrogens (tertiary/aromatic N) is 1. The van der Waals surface area contributed by atoms with Crippen molar-refractivity contribution in [1.82, 2.24) is 0 Å². The van der Waals surface area contributed by atoms with Crippen LogP contribution in [0.2, 0.25) is 0 Å². The van der Waals surface area contributed by atoms with E-state index in [-0.39, 0.29) is 11.2 Å². The summed E-state index contributed by atoms with van der Waals surface area (Å²) in [6.07, 6.45) is 9.51. The highest BCUT2D eigenvalue weighted by atomic mass is 16.7. The molecule has 4 nitrogen and oxygen atoms in total. The fourth-order valence-corrected chi connectivity index (χ4v) is 8.23.